The zero-order valence-corrected chi connectivity index (χ0v) is 19.2. The molecule has 0 radical (unpaired) electrons. The van der Waals surface area contributed by atoms with Gasteiger partial charge in [0.1, 0.15) is 5.75 Å². The second-order valence-electron chi connectivity index (χ2n) is 6.95. The van der Waals surface area contributed by atoms with Gasteiger partial charge in [-0.2, -0.15) is 0 Å². The summed E-state index contributed by atoms with van der Waals surface area (Å²) in [6, 6.07) is 15.8. The number of ether oxygens (including phenoxy) is 1. The summed E-state index contributed by atoms with van der Waals surface area (Å²) >= 11 is 4.91. The molecule has 0 bridgehead atoms. The van der Waals surface area contributed by atoms with Gasteiger partial charge in [-0.25, -0.2) is 0 Å². The van der Waals surface area contributed by atoms with Gasteiger partial charge in [0, 0.05) is 28.8 Å². The van der Waals surface area contributed by atoms with Crippen LogP contribution < -0.4 is 4.74 Å². The van der Waals surface area contributed by atoms with Gasteiger partial charge < -0.3 is 9.64 Å². The first kappa shape index (κ1) is 20.9. The van der Waals surface area contributed by atoms with Gasteiger partial charge in [0.15, 0.2) is 11.0 Å². The maximum atomic E-state index is 12.5. The Kier molecular flexibility index (Phi) is 6.74. The van der Waals surface area contributed by atoms with Gasteiger partial charge in [0.05, 0.1) is 12.4 Å². The highest BCUT2D eigenvalue weighted by atomic mass is 79.9. The van der Waals surface area contributed by atoms with Crippen LogP contribution in [-0.4, -0.2) is 51.0 Å². The van der Waals surface area contributed by atoms with Crippen molar-refractivity contribution in [3.63, 3.8) is 0 Å². The van der Waals surface area contributed by atoms with Gasteiger partial charge in [0.25, 0.3) is 0 Å². The summed E-state index contributed by atoms with van der Waals surface area (Å²) in [6.45, 7) is 4.30. The van der Waals surface area contributed by atoms with E-state index in [1.54, 1.807) is 0 Å². The smallest absolute Gasteiger partial charge is 0.233 e. The van der Waals surface area contributed by atoms with Crippen LogP contribution in [0.15, 0.2) is 58.2 Å². The number of carbonyl (C=O) groups is 1. The Bertz CT molecular complexity index is 999. The third-order valence-electron chi connectivity index (χ3n) is 4.93. The van der Waals surface area contributed by atoms with Crippen LogP contribution in [0.25, 0.3) is 17.1 Å². The highest BCUT2D eigenvalue weighted by Crippen LogP contribution is 2.30. The van der Waals surface area contributed by atoms with Crippen molar-refractivity contribution in [3.8, 4) is 22.8 Å². The molecule has 1 saturated heterocycles. The Balaban J connectivity index is 1.65. The van der Waals surface area contributed by atoms with Crippen LogP contribution in [0, 0.1) is 0 Å². The average Bonchev–Trinajstić information content (AvgIpc) is 3.44. The summed E-state index contributed by atoms with van der Waals surface area (Å²) in [4.78, 5) is 14.5. The number of benzene rings is 2. The predicted octanol–water partition coefficient (Wildman–Crippen LogP) is 4.81. The van der Waals surface area contributed by atoms with Crippen LogP contribution in [-0.2, 0) is 4.79 Å². The molecule has 4 rings (SSSR count). The molecule has 2 heterocycles. The van der Waals surface area contributed by atoms with Crippen LogP contribution in [0.4, 0.5) is 0 Å². The van der Waals surface area contributed by atoms with E-state index in [2.05, 4.69) is 26.1 Å². The maximum absolute atomic E-state index is 12.5. The lowest BCUT2D eigenvalue weighted by molar-refractivity contribution is -0.127. The standard InChI is InChI=1S/C22H23BrN4O2S/c1-2-29-19-11-9-18(10-12-19)27-21(16-5-7-17(23)8-6-16)24-25-22(27)30-15-20(28)26-13-3-4-14-26/h5-12H,2-4,13-15H2,1H3. The molecular formula is C22H23BrN4O2S. The third-order valence-corrected chi connectivity index (χ3v) is 6.37. The molecule has 2 aromatic carbocycles. The van der Waals surface area contributed by atoms with Gasteiger partial charge in [-0.3, -0.25) is 9.36 Å². The van der Waals surface area contributed by atoms with E-state index < -0.39 is 0 Å². The first-order chi connectivity index (χ1) is 14.7. The topological polar surface area (TPSA) is 60.2 Å². The largest absolute Gasteiger partial charge is 0.494 e. The van der Waals surface area contributed by atoms with E-state index in [0.717, 1.165) is 53.2 Å². The van der Waals surface area contributed by atoms with Crippen LogP contribution in [0.2, 0.25) is 0 Å². The minimum Gasteiger partial charge on any atom is -0.494 e. The summed E-state index contributed by atoms with van der Waals surface area (Å²) in [5.74, 6) is 2.07. The molecule has 1 aliphatic heterocycles. The van der Waals surface area contributed by atoms with E-state index in [0.29, 0.717) is 17.5 Å². The number of aromatic nitrogens is 3. The molecule has 156 valence electrons. The van der Waals surface area contributed by atoms with Crippen LogP contribution in [0.5, 0.6) is 5.75 Å². The number of rotatable bonds is 7. The molecule has 8 heteroatoms. The molecule has 3 aromatic rings. The molecule has 1 fully saturated rings. The second kappa shape index (κ2) is 9.66. The molecule has 0 spiro atoms. The highest BCUT2D eigenvalue weighted by Gasteiger charge is 2.21. The number of nitrogens with zero attached hydrogens (tertiary/aromatic N) is 4. The Morgan fingerprint density at radius 1 is 1.07 bits per heavy atom. The monoisotopic (exact) mass is 486 g/mol. The van der Waals surface area contributed by atoms with Crippen molar-refractivity contribution in [3.05, 3.63) is 53.0 Å². The number of hydrogen-bond acceptors (Lipinski definition) is 5. The lowest BCUT2D eigenvalue weighted by Gasteiger charge is -2.15. The van der Waals surface area contributed by atoms with E-state index in [4.69, 9.17) is 4.74 Å². The molecule has 0 unspecified atom stereocenters. The second-order valence-corrected chi connectivity index (χ2v) is 8.81. The minimum atomic E-state index is 0.156. The fraction of sp³-hybridized carbons (Fsp3) is 0.318. The predicted molar refractivity (Wildman–Crippen MR) is 122 cm³/mol. The van der Waals surface area contributed by atoms with Gasteiger partial charge in [-0.1, -0.05) is 39.8 Å². The number of carbonyl (C=O) groups excluding carboxylic acids is 1. The quantitative estimate of drug-likeness (QED) is 0.448. The first-order valence-electron chi connectivity index (χ1n) is 10.0. The minimum absolute atomic E-state index is 0.156. The molecule has 6 nitrogen and oxygen atoms in total. The fourth-order valence-electron chi connectivity index (χ4n) is 3.42. The van der Waals surface area contributed by atoms with Gasteiger partial charge in [-0.05, 0) is 56.2 Å². The summed E-state index contributed by atoms with van der Waals surface area (Å²) in [5, 5.41) is 9.56. The van der Waals surface area contributed by atoms with Crippen molar-refractivity contribution < 1.29 is 9.53 Å². The molecule has 30 heavy (non-hydrogen) atoms. The van der Waals surface area contributed by atoms with Crippen LogP contribution >= 0.6 is 27.7 Å². The first-order valence-corrected chi connectivity index (χ1v) is 11.8. The van der Waals surface area contributed by atoms with Crippen molar-refractivity contribution in [1.82, 2.24) is 19.7 Å². The molecule has 0 aliphatic carbocycles. The van der Waals surface area contributed by atoms with Crippen molar-refractivity contribution in [1.29, 1.82) is 0 Å². The Morgan fingerprint density at radius 2 is 1.77 bits per heavy atom. The fourth-order valence-corrected chi connectivity index (χ4v) is 4.54. The number of amides is 1. The highest BCUT2D eigenvalue weighted by molar-refractivity contribution is 9.10. The lowest BCUT2D eigenvalue weighted by Crippen LogP contribution is -2.29. The van der Waals surface area contributed by atoms with Crippen molar-refractivity contribution in [2.75, 3.05) is 25.4 Å². The number of thioether (sulfide) groups is 1. The number of likely N-dealkylation sites (tertiary alicyclic amines) is 1. The summed E-state index contributed by atoms with van der Waals surface area (Å²) < 4.78 is 8.58. The van der Waals surface area contributed by atoms with E-state index in [1.165, 1.54) is 11.8 Å². The SMILES string of the molecule is CCOc1ccc(-n2c(SCC(=O)N3CCCC3)nnc2-c2ccc(Br)cc2)cc1. The molecular weight excluding hydrogens is 464 g/mol. The van der Waals surface area contributed by atoms with E-state index in [-0.39, 0.29) is 5.91 Å². The van der Waals surface area contributed by atoms with Crippen LogP contribution in [0.1, 0.15) is 19.8 Å². The van der Waals surface area contributed by atoms with Gasteiger partial charge in [-0.15, -0.1) is 10.2 Å². The maximum Gasteiger partial charge on any atom is 0.233 e. The number of hydrogen-bond donors (Lipinski definition) is 0. The Hall–Kier alpha value is -2.32. The van der Waals surface area contributed by atoms with Crippen molar-refractivity contribution in [2.24, 2.45) is 0 Å². The third kappa shape index (κ3) is 4.70. The summed E-state index contributed by atoms with van der Waals surface area (Å²) in [5.41, 5.74) is 1.88. The zero-order valence-electron chi connectivity index (χ0n) is 16.8. The zero-order chi connectivity index (χ0) is 20.9. The molecule has 0 saturated carbocycles. The summed E-state index contributed by atoms with van der Waals surface area (Å²) in [7, 11) is 0. The molecule has 1 aliphatic rings. The van der Waals surface area contributed by atoms with E-state index >= 15 is 0 Å². The van der Waals surface area contributed by atoms with E-state index in [9.17, 15) is 4.79 Å². The Labute approximate surface area is 188 Å². The van der Waals surface area contributed by atoms with Gasteiger partial charge >= 0.3 is 0 Å². The molecule has 1 amide bonds. The van der Waals surface area contributed by atoms with E-state index in [1.807, 2.05) is 64.9 Å². The molecule has 0 N–H and O–H groups in total. The molecule has 1 aromatic heterocycles. The normalized spacial score (nSPS) is 13.6. The van der Waals surface area contributed by atoms with Gasteiger partial charge in [0.2, 0.25) is 5.91 Å². The lowest BCUT2D eigenvalue weighted by atomic mass is 10.2. The van der Waals surface area contributed by atoms with Crippen LogP contribution in [0.3, 0.4) is 0 Å². The van der Waals surface area contributed by atoms with Crippen molar-refractivity contribution >= 4 is 33.6 Å². The average molecular weight is 487 g/mol. The summed E-state index contributed by atoms with van der Waals surface area (Å²) in [6.07, 6.45) is 2.18. The number of halogens is 1. The molecule has 0 atom stereocenters. The Morgan fingerprint density at radius 3 is 2.43 bits per heavy atom. The van der Waals surface area contributed by atoms with Crippen molar-refractivity contribution in [2.45, 2.75) is 24.9 Å².